The number of para-hydroxylation sites is 2. The molecule has 0 radical (unpaired) electrons. The maximum Gasteiger partial charge on any atom is 0.216 e. The van der Waals surface area contributed by atoms with Crippen LogP contribution in [0.3, 0.4) is 0 Å². The number of hydrogen-bond acceptors (Lipinski definition) is 8. The minimum atomic E-state index is -0.0869. The number of hydrogen-bond donors (Lipinski definition) is 1. The Labute approximate surface area is 199 Å². The fraction of sp³-hybridized carbons (Fsp3) is 0.440. The first-order chi connectivity index (χ1) is 16.8. The van der Waals surface area contributed by atoms with Gasteiger partial charge in [0.05, 0.1) is 44.7 Å². The highest BCUT2D eigenvalue weighted by molar-refractivity contribution is 5.98. The molecule has 3 aliphatic heterocycles. The molecule has 2 aromatic carbocycles. The number of aromatic nitrogens is 2. The van der Waals surface area contributed by atoms with E-state index in [9.17, 15) is 0 Å². The average Bonchev–Trinajstić information content (AvgIpc) is 3.29. The second-order valence-corrected chi connectivity index (χ2v) is 8.99. The quantitative estimate of drug-likeness (QED) is 0.604. The number of methoxy groups -OCH3 is 1. The fourth-order valence-corrected chi connectivity index (χ4v) is 5.01. The number of nitrogens with zero attached hydrogens (tertiary/aromatic N) is 6. The van der Waals surface area contributed by atoms with E-state index in [4.69, 9.17) is 19.5 Å². The van der Waals surface area contributed by atoms with Crippen LogP contribution in [0.5, 0.6) is 5.75 Å². The van der Waals surface area contributed by atoms with Gasteiger partial charge in [-0.15, -0.1) is 0 Å². The third kappa shape index (κ3) is 4.00. The zero-order valence-corrected chi connectivity index (χ0v) is 19.6. The number of anilines is 1. The van der Waals surface area contributed by atoms with Gasteiger partial charge in [-0.3, -0.25) is 19.3 Å². The molecular weight excluding hydrogens is 430 g/mol. The minimum Gasteiger partial charge on any atom is -0.497 e. The van der Waals surface area contributed by atoms with Crippen LogP contribution < -0.4 is 15.0 Å². The molecule has 1 aromatic heterocycles. The summed E-state index contributed by atoms with van der Waals surface area (Å²) in [5, 5.41) is 3.68. The largest absolute Gasteiger partial charge is 0.497 e. The van der Waals surface area contributed by atoms with Crippen molar-refractivity contribution in [2.24, 2.45) is 4.99 Å². The Morgan fingerprint density at radius 2 is 1.82 bits per heavy atom. The van der Waals surface area contributed by atoms with Crippen molar-refractivity contribution >= 4 is 22.9 Å². The second-order valence-electron chi connectivity index (χ2n) is 8.99. The Morgan fingerprint density at radius 3 is 2.65 bits per heavy atom. The lowest BCUT2D eigenvalue weighted by atomic mass is 10.1. The topological polar surface area (TPSA) is 70.4 Å². The predicted molar refractivity (Wildman–Crippen MR) is 132 cm³/mol. The van der Waals surface area contributed by atoms with E-state index in [-0.39, 0.29) is 6.17 Å². The van der Waals surface area contributed by atoms with Crippen LogP contribution in [0, 0.1) is 0 Å². The molecule has 1 atom stereocenters. The van der Waals surface area contributed by atoms with Gasteiger partial charge in [-0.1, -0.05) is 24.3 Å². The number of guanidine groups is 1. The highest BCUT2D eigenvalue weighted by Crippen LogP contribution is 2.34. The van der Waals surface area contributed by atoms with E-state index < -0.39 is 0 Å². The highest BCUT2D eigenvalue weighted by Gasteiger charge is 2.35. The molecule has 0 aliphatic carbocycles. The molecule has 6 rings (SSSR count). The van der Waals surface area contributed by atoms with Gasteiger partial charge < -0.3 is 14.8 Å². The smallest absolute Gasteiger partial charge is 0.216 e. The van der Waals surface area contributed by atoms with Crippen LogP contribution in [0.2, 0.25) is 0 Å². The molecule has 1 unspecified atom stereocenters. The summed E-state index contributed by atoms with van der Waals surface area (Å²) >= 11 is 0. The van der Waals surface area contributed by atoms with Crippen LogP contribution in [0.1, 0.15) is 18.2 Å². The highest BCUT2D eigenvalue weighted by atomic mass is 16.5. The molecule has 9 heteroatoms. The molecule has 1 N–H and O–H groups in total. The second kappa shape index (κ2) is 9.25. The first-order valence-electron chi connectivity index (χ1n) is 12.0. The molecule has 1 saturated heterocycles. The Balaban J connectivity index is 1.26. The lowest BCUT2D eigenvalue weighted by Crippen LogP contribution is -2.57. The SMILES string of the molecule is COc1ccc(C2NC3=NCN(CCCN4CCOCC4)CN3c3nc4ccccc4n32)cc1. The molecule has 4 heterocycles. The molecule has 3 aliphatic rings. The lowest BCUT2D eigenvalue weighted by molar-refractivity contribution is 0.0361. The van der Waals surface area contributed by atoms with Crippen molar-refractivity contribution in [2.45, 2.75) is 12.6 Å². The van der Waals surface area contributed by atoms with Gasteiger partial charge in [0.1, 0.15) is 11.9 Å². The van der Waals surface area contributed by atoms with E-state index in [0.717, 1.165) is 86.7 Å². The van der Waals surface area contributed by atoms with Crippen molar-refractivity contribution in [1.29, 1.82) is 0 Å². The van der Waals surface area contributed by atoms with E-state index in [1.165, 1.54) is 0 Å². The molecule has 0 spiro atoms. The van der Waals surface area contributed by atoms with Gasteiger partial charge in [-0.25, -0.2) is 9.98 Å². The van der Waals surface area contributed by atoms with Crippen LogP contribution in [0.4, 0.5) is 5.95 Å². The van der Waals surface area contributed by atoms with Crippen LogP contribution >= 0.6 is 0 Å². The van der Waals surface area contributed by atoms with Crippen LogP contribution in [-0.2, 0) is 4.74 Å². The number of aliphatic imine (C=N–C) groups is 1. The van der Waals surface area contributed by atoms with E-state index in [1.807, 2.05) is 18.2 Å². The van der Waals surface area contributed by atoms with Gasteiger partial charge >= 0.3 is 0 Å². The fourth-order valence-electron chi connectivity index (χ4n) is 5.01. The first kappa shape index (κ1) is 21.4. The van der Waals surface area contributed by atoms with Crippen molar-refractivity contribution in [3.63, 3.8) is 0 Å². The molecule has 0 saturated carbocycles. The third-order valence-corrected chi connectivity index (χ3v) is 6.84. The number of morpholine rings is 1. The molecule has 0 amide bonds. The summed E-state index contributed by atoms with van der Waals surface area (Å²) in [6, 6.07) is 16.5. The standard InChI is InChI=1S/C25H31N7O2/c1-33-20-9-7-19(8-10-20)23-28-24-26-17-30(12-4-11-29-13-15-34-16-14-29)18-31(24)25-27-21-5-2-3-6-22(21)32(23)25/h2-3,5-10,23H,4,11-18H2,1H3,(H,26,28). The van der Waals surface area contributed by atoms with Gasteiger partial charge in [-0.2, -0.15) is 0 Å². The summed E-state index contributed by atoms with van der Waals surface area (Å²) in [5.41, 5.74) is 3.23. The van der Waals surface area contributed by atoms with Crippen molar-refractivity contribution in [2.75, 3.05) is 64.7 Å². The number of ether oxygens (including phenoxy) is 2. The van der Waals surface area contributed by atoms with Crippen molar-refractivity contribution < 1.29 is 9.47 Å². The van der Waals surface area contributed by atoms with Gasteiger partial charge in [0.25, 0.3) is 0 Å². The summed E-state index contributed by atoms with van der Waals surface area (Å²) in [6.07, 6.45) is 1.04. The first-order valence-corrected chi connectivity index (χ1v) is 12.0. The number of nitrogens with one attached hydrogen (secondary N) is 1. The van der Waals surface area contributed by atoms with Gasteiger partial charge in [0.2, 0.25) is 11.9 Å². The van der Waals surface area contributed by atoms with Gasteiger partial charge in [0, 0.05) is 19.6 Å². The van der Waals surface area contributed by atoms with E-state index in [1.54, 1.807) is 7.11 Å². The van der Waals surface area contributed by atoms with Crippen LogP contribution in [0.25, 0.3) is 11.0 Å². The molecule has 34 heavy (non-hydrogen) atoms. The van der Waals surface area contributed by atoms with Gasteiger partial charge in [-0.05, 0) is 42.8 Å². The summed E-state index contributed by atoms with van der Waals surface area (Å²) in [7, 11) is 1.69. The van der Waals surface area contributed by atoms with Crippen LogP contribution in [0.15, 0.2) is 53.5 Å². The summed E-state index contributed by atoms with van der Waals surface area (Å²) in [4.78, 5) is 17.0. The predicted octanol–water partition coefficient (Wildman–Crippen LogP) is 2.31. The Kier molecular flexibility index (Phi) is 5.82. The molecule has 9 nitrogen and oxygen atoms in total. The van der Waals surface area contributed by atoms with Gasteiger partial charge in [0.15, 0.2) is 0 Å². The van der Waals surface area contributed by atoms with E-state index >= 15 is 0 Å². The molecule has 0 bridgehead atoms. The molecule has 1 fully saturated rings. The summed E-state index contributed by atoms with van der Waals surface area (Å²) in [6.45, 7) is 7.35. The summed E-state index contributed by atoms with van der Waals surface area (Å²) < 4.78 is 13.1. The number of fused-ring (bicyclic) bond motifs is 5. The Morgan fingerprint density at radius 1 is 1.03 bits per heavy atom. The third-order valence-electron chi connectivity index (χ3n) is 6.84. The maximum absolute atomic E-state index is 5.47. The Hall–Kier alpha value is -3.14. The molecular formula is C25H31N7O2. The normalized spacial score (nSPS) is 21.0. The van der Waals surface area contributed by atoms with Crippen molar-refractivity contribution in [3.05, 3.63) is 54.1 Å². The maximum atomic E-state index is 5.47. The zero-order chi connectivity index (χ0) is 22.9. The van der Waals surface area contributed by atoms with Crippen LogP contribution in [-0.4, -0.2) is 85.2 Å². The Bertz CT molecular complexity index is 1170. The lowest BCUT2D eigenvalue weighted by Gasteiger charge is -2.42. The minimum absolute atomic E-state index is 0.0869. The molecule has 3 aromatic rings. The number of rotatable bonds is 6. The van der Waals surface area contributed by atoms with Crippen molar-refractivity contribution in [1.82, 2.24) is 24.7 Å². The van der Waals surface area contributed by atoms with Crippen molar-refractivity contribution in [3.8, 4) is 5.75 Å². The number of benzene rings is 2. The van der Waals surface area contributed by atoms with E-state index in [0.29, 0.717) is 6.67 Å². The number of imidazole rings is 1. The average molecular weight is 462 g/mol. The monoisotopic (exact) mass is 461 g/mol. The van der Waals surface area contributed by atoms with E-state index in [2.05, 4.69) is 54.9 Å². The summed E-state index contributed by atoms with van der Waals surface area (Å²) in [5.74, 6) is 2.66. The molecule has 178 valence electrons. The zero-order valence-electron chi connectivity index (χ0n) is 19.6.